The summed E-state index contributed by atoms with van der Waals surface area (Å²) < 4.78 is 39.9. The van der Waals surface area contributed by atoms with Crippen LogP contribution in [0.2, 0.25) is 0 Å². The van der Waals surface area contributed by atoms with Crippen LogP contribution in [0, 0.1) is 5.82 Å². The number of halogens is 1. The number of benzene rings is 1. The molecule has 0 unspecified atom stereocenters. The average molecular weight is 297 g/mol. The van der Waals surface area contributed by atoms with Gasteiger partial charge in [0, 0.05) is 17.2 Å². The highest BCUT2D eigenvalue weighted by Gasteiger charge is 2.22. The minimum Gasteiger partial charge on any atom is -0.280 e. The van der Waals surface area contributed by atoms with Gasteiger partial charge < -0.3 is 0 Å². The van der Waals surface area contributed by atoms with Crippen LogP contribution in [0.5, 0.6) is 0 Å². The lowest BCUT2D eigenvalue weighted by molar-refractivity contribution is 0.567. The summed E-state index contributed by atoms with van der Waals surface area (Å²) in [5.74, 6) is -0.662. The lowest BCUT2D eigenvalue weighted by Gasteiger charge is -2.14. The fourth-order valence-electron chi connectivity index (χ4n) is 1.61. The molecule has 0 saturated carbocycles. The third-order valence-electron chi connectivity index (χ3n) is 2.75. The zero-order chi connectivity index (χ0) is 15.0. The van der Waals surface area contributed by atoms with Crippen LogP contribution < -0.4 is 4.72 Å². The molecule has 0 amide bonds. The van der Waals surface area contributed by atoms with E-state index < -0.39 is 20.7 Å². The zero-order valence-electron chi connectivity index (χ0n) is 11.4. The normalized spacial score (nSPS) is 12.4. The second-order valence-corrected chi connectivity index (χ2v) is 7.10. The Balaban J connectivity index is 2.30. The van der Waals surface area contributed by atoms with E-state index in [9.17, 15) is 12.8 Å². The van der Waals surface area contributed by atoms with E-state index in [2.05, 4.69) is 14.9 Å². The first-order valence-electron chi connectivity index (χ1n) is 6.03. The van der Waals surface area contributed by atoms with Crippen LogP contribution >= 0.6 is 0 Å². The fraction of sp³-hybridized carbons (Fsp3) is 0.308. The van der Waals surface area contributed by atoms with Gasteiger partial charge in [-0.1, -0.05) is 32.9 Å². The maximum absolute atomic E-state index is 13.5. The zero-order valence-corrected chi connectivity index (χ0v) is 12.3. The molecule has 1 heterocycles. The van der Waals surface area contributed by atoms with Crippen molar-refractivity contribution in [1.82, 2.24) is 10.2 Å². The van der Waals surface area contributed by atoms with E-state index in [1.165, 1.54) is 18.2 Å². The second kappa shape index (κ2) is 4.90. The van der Waals surface area contributed by atoms with Gasteiger partial charge in [-0.2, -0.15) is 5.10 Å². The predicted molar refractivity (Wildman–Crippen MR) is 74.5 cm³/mol. The number of H-pyrrole nitrogens is 1. The molecule has 0 saturated heterocycles. The van der Waals surface area contributed by atoms with E-state index in [0.717, 1.165) is 11.8 Å². The van der Waals surface area contributed by atoms with Gasteiger partial charge in [0.05, 0.1) is 0 Å². The van der Waals surface area contributed by atoms with Crippen LogP contribution in [0.1, 0.15) is 26.5 Å². The molecule has 5 nitrogen and oxygen atoms in total. The van der Waals surface area contributed by atoms with E-state index in [-0.39, 0.29) is 11.2 Å². The molecule has 2 aromatic rings. The summed E-state index contributed by atoms with van der Waals surface area (Å²) in [6.45, 7) is 5.90. The van der Waals surface area contributed by atoms with E-state index >= 15 is 0 Å². The number of aromatic amines is 1. The molecule has 0 spiro atoms. The average Bonchev–Trinajstić information content (AvgIpc) is 2.76. The molecule has 2 N–H and O–H groups in total. The smallest absolute Gasteiger partial charge is 0.266 e. The van der Waals surface area contributed by atoms with Crippen molar-refractivity contribution in [2.45, 2.75) is 31.1 Å². The standard InChI is InChI=1S/C13H16FN3O2S/c1-13(2,3)11-8-12(16-15-11)17-20(18,19)10-7-5-4-6-9(10)14/h4-8H,1-3H3,(H2,15,16,17). The summed E-state index contributed by atoms with van der Waals surface area (Å²) in [6.07, 6.45) is 0. The van der Waals surface area contributed by atoms with Crippen LogP contribution in [-0.4, -0.2) is 18.6 Å². The van der Waals surface area contributed by atoms with Crippen LogP contribution in [0.25, 0.3) is 0 Å². The van der Waals surface area contributed by atoms with Crippen LogP contribution in [0.15, 0.2) is 35.2 Å². The SMILES string of the molecule is CC(C)(C)c1cc(NS(=O)(=O)c2ccccc2F)n[nH]1. The Bertz CT molecular complexity index is 717. The first kappa shape index (κ1) is 14.5. The summed E-state index contributed by atoms with van der Waals surface area (Å²) in [7, 11) is -3.98. The van der Waals surface area contributed by atoms with Crippen molar-refractivity contribution in [2.24, 2.45) is 0 Å². The highest BCUT2D eigenvalue weighted by molar-refractivity contribution is 7.92. The molecule has 2 rings (SSSR count). The number of aromatic nitrogens is 2. The predicted octanol–water partition coefficient (Wildman–Crippen LogP) is 2.65. The number of sulfonamides is 1. The van der Waals surface area contributed by atoms with Crippen LogP contribution in [0.4, 0.5) is 10.2 Å². The Kier molecular flexibility index (Phi) is 3.56. The summed E-state index contributed by atoms with van der Waals surface area (Å²) in [4.78, 5) is -0.402. The van der Waals surface area contributed by atoms with Crippen molar-refractivity contribution in [3.05, 3.63) is 41.8 Å². The fourth-order valence-corrected chi connectivity index (χ4v) is 2.69. The molecular formula is C13H16FN3O2S. The van der Waals surface area contributed by atoms with Gasteiger partial charge in [-0.25, -0.2) is 12.8 Å². The topological polar surface area (TPSA) is 74.8 Å². The minimum atomic E-state index is -3.98. The molecule has 108 valence electrons. The van der Waals surface area contributed by atoms with Crippen LogP contribution in [0.3, 0.4) is 0 Å². The van der Waals surface area contributed by atoms with Gasteiger partial charge in [0.2, 0.25) is 0 Å². The largest absolute Gasteiger partial charge is 0.280 e. The number of rotatable bonds is 3. The third-order valence-corrected chi connectivity index (χ3v) is 4.14. The molecular weight excluding hydrogens is 281 g/mol. The van der Waals surface area contributed by atoms with E-state index in [0.29, 0.717) is 0 Å². The highest BCUT2D eigenvalue weighted by atomic mass is 32.2. The summed E-state index contributed by atoms with van der Waals surface area (Å²) >= 11 is 0. The van der Waals surface area contributed by atoms with Gasteiger partial charge in [0.15, 0.2) is 5.82 Å². The molecule has 1 aromatic carbocycles. The number of anilines is 1. The second-order valence-electron chi connectivity index (χ2n) is 5.45. The van der Waals surface area contributed by atoms with E-state index in [1.54, 1.807) is 6.07 Å². The van der Waals surface area contributed by atoms with Crippen LogP contribution in [-0.2, 0) is 15.4 Å². The van der Waals surface area contributed by atoms with E-state index in [1.807, 2.05) is 20.8 Å². The lowest BCUT2D eigenvalue weighted by Crippen LogP contribution is -2.14. The number of hydrogen-bond donors (Lipinski definition) is 2. The molecule has 0 aliphatic heterocycles. The Labute approximate surface area is 117 Å². The van der Waals surface area contributed by atoms with Gasteiger partial charge in [0.25, 0.3) is 10.0 Å². The molecule has 0 fully saturated rings. The van der Waals surface area contributed by atoms with E-state index in [4.69, 9.17) is 0 Å². The number of hydrogen-bond acceptors (Lipinski definition) is 3. The Morgan fingerprint density at radius 1 is 1.25 bits per heavy atom. The Morgan fingerprint density at radius 3 is 2.45 bits per heavy atom. The lowest BCUT2D eigenvalue weighted by atomic mass is 9.92. The molecule has 20 heavy (non-hydrogen) atoms. The number of nitrogens with one attached hydrogen (secondary N) is 2. The van der Waals surface area contributed by atoms with Gasteiger partial charge >= 0.3 is 0 Å². The van der Waals surface area contributed by atoms with Gasteiger partial charge in [0.1, 0.15) is 10.7 Å². The van der Waals surface area contributed by atoms with Crippen molar-refractivity contribution < 1.29 is 12.8 Å². The van der Waals surface area contributed by atoms with Gasteiger partial charge in [-0.15, -0.1) is 0 Å². The molecule has 0 atom stereocenters. The Morgan fingerprint density at radius 2 is 1.90 bits per heavy atom. The molecule has 0 bridgehead atoms. The molecule has 0 radical (unpaired) electrons. The monoisotopic (exact) mass is 297 g/mol. The molecule has 1 aromatic heterocycles. The quantitative estimate of drug-likeness (QED) is 0.914. The van der Waals surface area contributed by atoms with Gasteiger partial charge in [-0.3, -0.25) is 9.82 Å². The summed E-state index contributed by atoms with van der Waals surface area (Å²) in [6, 6.07) is 6.79. The highest BCUT2D eigenvalue weighted by Crippen LogP contribution is 2.23. The minimum absolute atomic E-state index is 0.137. The summed E-state index contributed by atoms with van der Waals surface area (Å²) in [5.41, 5.74) is 0.595. The maximum atomic E-state index is 13.5. The van der Waals surface area contributed by atoms with Crippen molar-refractivity contribution in [2.75, 3.05) is 4.72 Å². The first-order valence-corrected chi connectivity index (χ1v) is 7.52. The summed E-state index contributed by atoms with van der Waals surface area (Å²) in [5, 5.41) is 6.65. The Hall–Kier alpha value is -1.89. The van der Waals surface area contributed by atoms with Crippen molar-refractivity contribution >= 4 is 15.8 Å². The maximum Gasteiger partial charge on any atom is 0.266 e. The molecule has 7 heteroatoms. The van der Waals surface area contributed by atoms with Crippen molar-refractivity contribution in [1.29, 1.82) is 0 Å². The van der Waals surface area contributed by atoms with Crippen molar-refractivity contribution in [3.63, 3.8) is 0 Å². The van der Waals surface area contributed by atoms with Gasteiger partial charge in [-0.05, 0) is 12.1 Å². The third kappa shape index (κ3) is 2.98. The molecule has 0 aliphatic carbocycles. The number of nitrogens with zero attached hydrogens (tertiary/aromatic N) is 1. The molecule has 0 aliphatic rings. The first-order chi connectivity index (χ1) is 9.20. The van der Waals surface area contributed by atoms with Crippen molar-refractivity contribution in [3.8, 4) is 0 Å².